The van der Waals surface area contributed by atoms with E-state index in [9.17, 15) is 13.2 Å². The van der Waals surface area contributed by atoms with Gasteiger partial charge < -0.3 is 15.4 Å². The molecule has 0 aliphatic heterocycles. The van der Waals surface area contributed by atoms with Crippen molar-refractivity contribution >= 4 is 5.69 Å². The number of ether oxygens (including phenoxy) is 1. The number of anilines is 1. The number of nitrogens with two attached hydrogens (primary N) is 1. The topological polar surface area (TPSA) is 38.5 Å². The second-order valence-electron chi connectivity index (χ2n) is 5.49. The van der Waals surface area contributed by atoms with E-state index in [0.29, 0.717) is 31.2 Å². The maximum atomic E-state index is 13.1. The fourth-order valence-electron chi connectivity index (χ4n) is 2.13. The van der Waals surface area contributed by atoms with E-state index in [0.717, 1.165) is 6.07 Å². The molecule has 0 atom stereocenters. The van der Waals surface area contributed by atoms with E-state index in [1.165, 1.54) is 18.9 Å². The van der Waals surface area contributed by atoms with Gasteiger partial charge in [0.2, 0.25) is 0 Å². The summed E-state index contributed by atoms with van der Waals surface area (Å²) >= 11 is 0. The molecule has 1 aromatic carbocycles. The molecule has 1 fully saturated rings. The van der Waals surface area contributed by atoms with Crippen LogP contribution in [0.15, 0.2) is 18.2 Å². The minimum atomic E-state index is -4.39. The summed E-state index contributed by atoms with van der Waals surface area (Å²) in [6.45, 7) is 1.67. The van der Waals surface area contributed by atoms with Crippen molar-refractivity contribution in [3.05, 3.63) is 29.3 Å². The van der Waals surface area contributed by atoms with Gasteiger partial charge in [0.25, 0.3) is 0 Å². The van der Waals surface area contributed by atoms with Crippen LogP contribution in [0.2, 0.25) is 0 Å². The second kappa shape index (κ2) is 6.66. The van der Waals surface area contributed by atoms with Crippen LogP contribution in [0, 0.1) is 5.92 Å². The van der Waals surface area contributed by atoms with E-state index in [-0.39, 0.29) is 12.2 Å². The SMILES string of the molecule is CN(CCOCC1CC1)c1ccc(CN)cc1C(F)(F)F. The lowest BCUT2D eigenvalue weighted by Gasteiger charge is -2.24. The van der Waals surface area contributed by atoms with Gasteiger partial charge in [-0.15, -0.1) is 0 Å². The Labute approximate surface area is 122 Å². The van der Waals surface area contributed by atoms with Crippen LogP contribution < -0.4 is 10.6 Å². The maximum absolute atomic E-state index is 13.1. The number of hydrogen-bond donors (Lipinski definition) is 1. The van der Waals surface area contributed by atoms with Crippen LogP contribution in [0.3, 0.4) is 0 Å². The zero-order valence-electron chi connectivity index (χ0n) is 12.1. The molecule has 1 aromatic rings. The fraction of sp³-hybridized carbons (Fsp3) is 0.600. The summed E-state index contributed by atoms with van der Waals surface area (Å²) in [5.74, 6) is 0.657. The standard InChI is InChI=1S/C15H21F3N2O/c1-20(6-7-21-10-11-2-3-11)14-5-4-12(9-19)8-13(14)15(16,17)18/h4-5,8,11H,2-3,6-7,9-10,19H2,1H3. The zero-order chi connectivity index (χ0) is 15.5. The number of nitrogens with zero attached hydrogens (tertiary/aromatic N) is 1. The first-order valence-electron chi connectivity index (χ1n) is 7.11. The lowest BCUT2D eigenvalue weighted by atomic mass is 10.1. The number of alkyl halides is 3. The third kappa shape index (κ3) is 4.61. The van der Waals surface area contributed by atoms with Gasteiger partial charge in [0.1, 0.15) is 0 Å². The van der Waals surface area contributed by atoms with Gasteiger partial charge in [0, 0.05) is 32.4 Å². The molecule has 0 amide bonds. The predicted molar refractivity (Wildman–Crippen MR) is 76.1 cm³/mol. The van der Waals surface area contributed by atoms with Crippen LogP contribution >= 0.6 is 0 Å². The zero-order valence-corrected chi connectivity index (χ0v) is 12.1. The molecule has 0 spiro atoms. The summed E-state index contributed by atoms with van der Waals surface area (Å²) in [6, 6.07) is 4.23. The molecule has 21 heavy (non-hydrogen) atoms. The average molecular weight is 302 g/mol. The Morgan fingerprint density at radius 3 is 2.62 bits per heavy atom. The fourth-order valence-corrected chi connectivity index (χ4v) is 2.13. The number of likely N-dealkylation sites (N-methyl/N-ethyl adjacent to an activating group) is 1. The van der Waals surface area contributed by atoms with Crippen molar-refractivity contribution < 1.29 is 17.9 Å². The monoisotopic (exact) mass is 302 g/mol. The van der Waals surface area contributed by atoms with E-state index in [2.05, 4.69) is 0 Å². The molecule has 0 heterocycles. The maximum Gasteiger partial charge on any atom is 0.418 e. The number of halogens is 3. The molecule has 0 unspecified atom stereocenters. The van der Waals surface area contributed by atoms with E-state index in [1.54, 1.807) is 18.0 Å². The van der Waals surface area contributed by atoms with Gasteiger partial charge in [0.15, 0.2) is 0 Å². The van der Waals surface area contributed by atoms with Crippen LogP contribution in [-0.2, 0) is 17.5 Å². The smallest absolute Gasteiger partial charge is 0.379 e. The van der Waals surface area contributed by atoms with Gasteiger partial charge in [0.05, 0.1) is 12.2 Å². The van der Waals surface area contributed by atoms with Crippen molar-refractivity contribution in [2.75, 3.05) is 31.7 Å². The molecule has 1 saturated carbocycles. The molecule has 0 saturated heterocycles. The minimum Gasteiger partial charge on any atom is -0.379 e. The number of benzene rings is 1. The average Bonchev–Trinajstić information content (AvgIpc) is 3.26. The van der Waals surface area contributed by atoms with Crippen LogP contribution in [-0.4, -0.2) is 26.8 Å². The molecule has 6 heteroatoms. The molecule has 0 radical (unpaired) electrons. The first-order valence-corrected chi connectivity index (χ1v) is 7.11. The Hall–Kier alpha value is -1.27. The minimum absolute atomic E-state index is 0.0948. The second-order valence-corrected chi connectivity index (χ2v) is 5.49. The van der Waals surface area contributed by atoms with Gasteiger partial charge in [-0.05, 0) is 36.5 Å². The summed E-state index contributed by atoms with van der Waals surface area (Å²) in [7, 11) is 1.65. The molecule has 3 nitrogen and oxygen atoms in total. The largest absolute Gasteiger partial charge is 0.418 e. The molecule has 2 N–H and O–H groups in total. The van der Waals surface area contributed by atoms with Crippen molar-refractivity contribution in [3.8, 4) is 0 Å². The Balaban J connectivity index is 2.01. The molecule has 0 aromatic heterocycles. The predicted octanol–water partition coefficient (Wildman–Crippen LogP) is 3.03. The van der Waals surface area contributed by atoms with Crippen molar-refractivity contribution in [3.63, 3.8) is 0 Å². The summed E-state index contributed by atoms with van der Waals surface area (Å²) in [6.07, 6.45) is -1.98. The molecule has 118 valence electrons. The summed E-state index contributed by atoms with van der Waals surface area (Å²) < 4.78 is 44.9. The van der Waals surface area contributed by atoms with E-state index in [4.69, 9.17) is 10.5 Å². The van der Waals surface area contributed by atoms with Crippen LogP contribution in [0.25, 0.3) is 0 Å². The Morgan fingerprint density at radius 1 is 1.33 bits per heavy atom. The summed E-state index contributed by atoms with van der Waals surface area (Å²) in [5, 5.41) is 0. The molecular formula is C15H21F3N2O. The number of rotatable bonds is 7. The van der Waals surface area contributed by atoms with Gasteiger partial charge in [-0.1, -0.05) is 6.07 Å². The van der Waals surface area contributed by atoms with Gasteiger partial charge >= 0.3 is 6.18 Å². The first-order chi connectivity index (χ1) is 9.91. The van der Waals surface area contributed by atoms with Crippen LogP contribution in [0.1, 0.15) is 24.0 Å². The van der Waals surface area contributed by atoms with Crippen LogP contribution in [0.5, 0.6) is 0 Å². The highest BCUT2D eigenvalue weighted by Gasteiger charge is 2.34. The lowest BCUT2D eigenvalue weighted by molar-refractivity contribution is -0.137. The summed E-state index contributed by atoms with van der Waals surface area (Å²) in [4.78, 5) is 1.58. The molecule has 0 bridgehead atoms. The Bertz CT molecular complexity index is 472. The van der Waals surface area contributed by atoms with Crippen molar-refractivity contribution in [2.45, 2.75) is 25.6 Å². The lowest BCUT2D eigenvalue weighted by Crippen LogP contribution is -2.26. The van der Waals surface area contributed by atoms with Crippen molar-refractivity contribution in [1.82, 2.24) is 0 Å². The highest BCUT2D eigenvalue weighted by molar-refractivity contribution is 5.56. The third-order valence-corrected chi connectivity index (χ3v) is 3.63. The molecule has 1 aliphatic rings. The van der Waals surface area contributed by atoms with Gasteiger partial charge in [-0.25, -0.2) is 0 Å². The molecule has 1 aliphatic carbocycles. The van der Waals surface area contributed by atoms with Crippen molar-refractivity contribution in [1.29, 1.82) is 0 Å². The van der Waals surface area contributed by atoms with Gasteiger partial charge in [-0.3, -0.25) is 0 Å². The number of hydrogen-bond acceptors (Lipinski definition) is 3. The van der Waals surface area contributed by atoms with Crippen LogP contribution in [0.4, 0.5) is 18.9 Å². The highest BCUT2D eigenvalue weighted by atomic mass is 19.4. The van der Waals surface area contributed by atoms with E-state index in [1.807, 2.05) is 0 Å². The Kier molecular flexibility index (Phi) is 5.11. The highest BCUT2D eigenvalue weighted by Crippen LogP contribution is 2.37. The first kappa shape index (κ1) is 16.1. The quantitative estimate of drug-likeness (QED) is 0.787. The van der Waals surface area contributed by atoms with E-state index < -0.39 is 11.7 Å². The molecular weight excluding hydrogens is 281 g/mol. The summed E-state index contributed by atoms with van der Waals surface area (Å²) in [5.41, 5.74) is 5.41. The van der Waals surface area contributed by atoms with E-state index >= 15 is 0 Å². The van der Waals surface area contributed by atoms with Crippen molar-refractivity contribution in [2.24, 2.45) is 11.7 Å². The normalized spacial score (nSPS) is 15.3. The third-order valence-electron chi connectivity index (χ3n) is 3.63. The van der Waals surface area contributed by atoms with Gasteiger partial charge in [-0.2, -0.15) is 13.2 Å². The Morgan fingerprint density at radius 2 is 2.05 bits per heavy atom. The molecule has 2 rings (SSSR count).